The first-order chi connectivity index (χ1) is 8.18. The number of nitrogens with zero attached hydrogens (tertiary/aromatic N) is 3. The molecule has 0 saturated carbocycles. The van der Waals surface area contributed by atoms with E-state index in [1.54, 1.807) is 4.90 Å². The zero-order chi connectivity index (χ0) is 12.3. The van der Waals surface area contributed by atoms with Crippen LogP contribution in [0.4, 0.5) is 0 Å². The number of carbonyl (C=O) groups is 1. The summed E-state index contributed by atoms with van der Waals surface area (Å²) in [7, 11) is 1.82. The molecule has 0 bridgehead atoms. The van der Waals surface area contributed by atoms with Crippen molar-refractivity contribution in [2.24, 2.45) is 5.41 Å². The quantitative estimate of drug-likeness (QED) is 0.782. The van der Waals surface area contributed by atoms with Crippen LogP contribution in [-0.2, 0) is 11.3 Å². The molecule has 1 aliphatic rings. The number of aromatic amines is 1. The maximum absolute atomic E-state index is 12.4. The molecule has 6 nitrogen and oxygen atoms in total. The van der Waals surface area contributed by atoms with E-state index >= 15 is 0 Å². The van der Waals surface area contributed by atoms with Gasteiger partial charge in [0.25, 0.3) is 0 Å². The Hall–Kier alpha value is -1.43. The molecule has 6 heteroatoms. The number of nitrogens with one attached hydrogen (secondary N) is 2. The van der Waals surface area contributed by atoms with Crippen LogP contribution >= 0.6 is 0 Å². The Morgan fingerprint density at radius 1 is 1.65 bits per heavy atom. The van der Waals surface area contributed by atoms with E-state index in [0.29, 0.717) is 6.54 Å². The molecule has 1 unspecified atom stereocenters. The molecule has 2 rings (SSSR count). The van der Waals surface area contributed by atoms with Crippen LogP contribution in [0, 0.1) is 5.41 Å². The second kappa shape index (κ2) is 4.83. The summed E-state index contributed by atoms with van der Waals surface area (Å²) in [6.07, 6.45) is 3.25. The third kappa shape index (κ3) is 2.31. The maximum Gasteiger partial charge on any atom is 0.230 e. The Morgan fingerprint density at radius 3 is 3.00 bits per heavy atom. The van der Waals surface area contributed by atoms with Gasteiger partial charge in [-0.05, 0) is 19.4 Å². The average Bonchev–Trinajstić information content (AvgIpc) is 2.99. The fourth-order valence-corrected chi connectivity index (χ4v) is 2.39. The maximum atomic E-state index is 12.4. The Kier molecular flexibility index (Phi) is 3.42. The highest BCUT2D eigenvalue weighted by atomic mass is 16.2. The van der Waals surface area contributed by atoms with Crippen molar-refractivity contribution in [1.82, 2.24) is 25.4 Å². The number of hydrogen-bond donors (Lipinski definition) is 2. The van der Waals surface area contributed by atoms with Gasteiger partial charge in [0.05, 0.1) is 12.0 Å². The lowest BCUT2D eigenvalue weighted by Gasteiger charge is -2.30. The molecule has 2 N–H and O–H groups in total. The van der Waals surface area contributed by atoms with Gasteiger partial charge in [0.15, 0.2) is 0 Å². The summed E-state index contributed by atoms with van der Waals surface area (Å²) in [5.74, 6) is 0.916. The summed E-state index contributed by atoms with van der Waals surface area (Å²) < 4.78 is 0. The van der Waals surface area contributed by atoms with Gasteiger partial charge in [-0.15, -0.1) is 0 Å². The van der Waals surface area contributed by atoms with Crippen molar-refractivity contribution in [3.05, 3.63) is 12.2 Å². The summed E-state index contributed by atoms with van der Waals surface area (Å²) >= 11 is 0. The Balaban J connectivity index is 2.03. The van der Waals surface area contributed by atoms with E-state index in [1.165, 1.54) is 6.33 Å². The first-order valence-electron chi connectivity index (χ1n) is 5.98. The SMILES string of the molecule is CCC1(C(=O)N(C)Cc2ncn[nH]2)CCNC1. The molecule has 1 fully saturated rings. The smallest absolute Gasteiger partial charge is 0.230 e. The third-order valence-electron chi connectivity index (χ3n) is 3.57. The van der Waals surface area contributed by atoms with Crippen molar-refractivity contribution in [2.75, 3.05) is 20.1 Å². The van der Waals surface area contributed by atoms with E-state index in [-0.39, 0.29) is 11.3 Å². The molecule has 1 aromatic rings. The molecule has 1 amide bonds. The molecule has 0 aliphatic carbocycles. The van der Waals surface area contributed by atoms with Gasteiger partial charge in [-0.25, -0.2) is 4.98 Å². The van der Waals surface area contributed by atoms with Crippen LogP contribution in [0.5, 0.6) is 0 Å². The highest BCUT2D eigenvalue weighted by Crippen LogP contribution is 2.31. The van der Waals surface area contributed by atoms with Gasteiger partial charge in [-0.1, -0.05) is 6.92 Å². The van der Waals surface area contributed by atoms with Crippen LogP contribution < -0.4 is 5.32 Å². The van der Waals surface area contributed by atoms with Gasteiger partial charge in [-0.2, -0.15) is 5.10 Å². The Labute approximate surface area is 101 Å². The Morgan fingerprint density at radius 2 is 2.47 bits per heavy atom. The van der Waals surface area contributed by atoms with E-state index < -0.39 is 0 Å². The van der Waals surface area contributed by atoms with Gasteiger partial charge in [0, 0.05) is 13.6 Å². The van der Waals surface area contributed by atoms with Crippen molar-refractivity contribution in [1.29, 1.82) is 0 Å². The topological polar surface area (TPSA) is 73.9 Å². The molecule has 1 aromatic heterocycles. The second-order valence-corrected chi connectivity index (χ2v) is 4.65. The molecule has 2 heterocycles. The van der Waals surface area contributed by atoms with Crippen LogP contribution in [0.3, 0.4) is 0 Å². The second-order valence-electron chi connectivity index (χ2n) is 4.65. The van der Waals surface area contributed by atoms with Crippen molar-refractivity contribution in [2.45, 2.75) is 26.3 Å². The largest absolute Gasteiger partial charge is 0.338 e. The number of carbonyl (C=O) groups excluding carboxylic acids is 1. The molecule has 1 atom stereocenters. The number of amides is 1. The zero-order valence-corrected chi connectivity index (χ0v) is 10.4. The van der Waals surface area contributed by atoms with Crippen LogP contribution in [0.15, 0.2) is 6.33 Å². The van der Waals surface area contributed by atoms with Crippen molar-refractivity contribution >= 4 is 5.91 Å². The molecule has 0 radical (unpaired) electrons. The normalized spacial score (nSPS) is 23.9. The number of aromatic nitrogens is 3. The lowest BCUT2D eigenvalue weighted by atomic mass is 9.83. The van der Waals surface area contributed by atoms with Crippen molar-refractivity contribution in [3.63, 3.8) is 0 Å². The van der Waals surface area contributed by atoms with E-state index in [1.807, 2.05) is 7.05 Å². The Bertz CT molecular complexity index is 369. The summed E-state index contributed by atoms with van der Waals surface area (Å²) in [6, 6.07) is 0. The molecule has 94 valence electrons. The van der Waals surface area contributed by atoms with E-state index in [0.717, 1.165) is 31.8 Å². The molecule has 0 spiro atoms. The highest BCUT2D eigenvalue weighted by molar-refractivity contribution is 5.83. The minimum absolute atomic E-state index is 0.196. The molecule has 0 aromatic carbocycles. The van der Waals surface area contributed by atoms with E-state index in [2.05, 4.69) is 27.4 Å². The van der Waals surface area contributed by atoms with E-state index in [4.69, 9.17) is 0 Å². The monoisotopic (exact) mass is 237 g/mol. The van der Waals surface area contributed by atoms with Crippen LogP contribution in [0.1, 0.15) is 25.6 Å². The summed E-state index contributed by atoms with van der Waals surface area (Å²) in [5, 5.41) is 9.83. The minimum Gasteiger partial charge on any atom is -0.338 e. The lowest BCUT2D eigenvalue weighted by molar-refractivity contribution is -0.140. The standard InChI is InChI=1S/C11H19N5O/c1-3-11(4-5-12-7-11)10(17)16(2)6-9-13-8-14-15-9/h8,12H,3-7H2,1-2H3,(H,13,14,15). The molecule has 17 heavy (non-hydrogen) atoms. The first-order valence-corrected chi connectivity index (χ1v) is 5.98. The minimum atomic E-state index is -0.227. The summed E-state index contributed by atoms with van der Waals surface area (Å²) in [4.78, 5) is 18.2. The average molecular weight is 237 g/mol. The van der Waals surface area contributed by atoms with Crippen LogP contribution in [-0.4, -0.2) is 46.1 Å². The summed E-state index contributed by atoms with van der Waals surface area (Å²) in [5.41, 5.74) is -0.227. The number of rotatable bonds is 4. The number of hydrogen-bond acceptors (Lipinski definition) is 4. The van der Waals surface area contributed by atoms with Crippen molar-refractivity contribution in [3.8, 4) is 0 Å². The fraction of sp³-hybridized carbons (Fsp3) is 0.727. The molecule has 1 saturated heterocycles. The molecule has 1 aliphatic heterocycles. The highest BCUT2D eigenvalue weighted by Gasteiger charge is 2.41. The van der Waals surface area contributed by atoms with Gasteiger partial charge >= 0.3 is 0 Å². The van der Waals surface area contributed by atoms with Gasteiger partial charge in [0.1, 0.15) is 12.2 Å². The van der Waals surface area contributed by atoms with Crippen LogP contribution in [0.2, 0.25) is 0 Å². The number of H-pyrrole nitrogens is 1. The predicted molar refractivity (Wildman–Crippen MR) is 63.1 cm³/mol. The molecular formula is C11H19N5O. The van der Waals surface area contributed by atoms with Crippen LogP contribution in [0.25, 0.3) is 0 Å². The van der Waals surface area contributed by atoms with Gasteiger partial charge in [-0.3, -0.25) is 9.89 Å². The third-order valence-corrected chi connectivity index (χ3v) is 3.57. The van der Waals surface area contributed by atoms with E-state index in [9.17, 15) is 4.79 Å². The fourth-order valence-electron chi connectivity index (χ4n) is 2.39. The summed E-state index contributed by atoms with van der Waals surface area (Å²) in [6.45, 7) is 4.27. The zero-order valence-electron chi connectivity index (χ0n) is 10.4. The lowest BCUT2D eigenvalue weighted by Crippen LogP contribution is -2.43. The van der Waals surface area contributed by atoms with Crippen molar-refractivity contribution < 1.29 is 4.79 Å². The van der Waals surface area contributed by atoms with Gasteiger partial charge < -0.3 is 10.2 Å². The van der Waals surface area contributed by atoms with Gasteiger partial charge in [0.2, 0.25) is 5.91 Å². The molecular weight excluding hydrogens is 218 g/mol. The predicted octanol–water partition coefficient (Wildman–Crippen LogP) is 0.153. The first kappa shape index (κ1) is 12.0.